The number of carbonyl (C=O) groups excluding carboxylic acids is 2. The second-order valence-electron chi connectivity index (χ2n) is 6.69. The molecule has 0 unspecified atom stereocenters. The molecule has 0 atom stereocenters. The van der Waals surface area contributed by atoms with Crippen LogP contribution in [0.5, 0.6) is 5.75 Å². The predicted octanol–water partition coefficient (Wildman–Crippen LogP) is 3.48. The first-order valence-electron chi connectivity index (χ1n) is 9.14. The van der Waals surface area contributed by atoms with Gasteiger partial charge in [-0.25, -0.2) is 13.2 Å². The van der Waals surface area contributed by atoms with Gasteiger partial charge in [0.1, 0.15) is 10.8 Å². The predicted molar refractivity (Wildman–Crippen MR) is 107 cm³/mol. The highest BCUT2D eigenvalue weighted by Crippen LogP contribution is 2.38. The van der Waals surface area contributed by atoms with Gasteiger partial charge in [0.05, 0.1) is 30.1 Å². The molecule has 7 nitrogen and oxygen atoms in total. The molecule has 0 spiro atoms. The number of halogens is 3. The van der Waals surface area contributed by atoms with Crippen molar-refractivity contribution < 1.29 is 40.7 Å². The summed E-state index contributed by atoms with van der Waals surface area (Å²) in [6, 6.07) is 4.82. The Morgan fingerprint density at radius 2 is 1.87 bits per heavy atom. The lowest BCUT2D eigenvalue weighted by Gasteiger charge is -2.13. The maximum absolute atomic E-state index is 12.5. The molecule has 2 aromatic rings. The lowest BCUT2D eigenvalue weighted by Crippen LogP contribution is -2.20. The van der Waals surface area contributed by atoms with E-state index < -0.39 is 33.8 Å². The summed E-state index contributed by atoms with van der Waals surface area (Å²) in [5.74, 6) is -1.88. The number of rotatable bonds is 6. The largest absolute Gasteiger partial charge is 0.573 e. The molecule has 168 valence electrons. The zero-order valence-electron chi connectivity index (χ0n) is 16.2. The number of sulfone groups is 1. The SMILES string of the molecule is CCOC(=O)c1c(NC(=O)Cc2ccc(OC(F)(F)F)cc2)sc2c1CCS(=O)(=O)C2. The molecule has 1 amide bonds. The fourth-order valence-electron chi connectivity index (χ4n) is 3.10. The number of amides is 1. The molecule has 1 aromatic heterocycles. The van der Waals surface area contributed by atoms with Gasteiger partial charge in [-0.1, -0.05) is 12.1 Å². The fraction of sp³-hybridized carbons (Fsp3) is 0.368. The summed E-state index contributed by atoms with van der Waals surface area (Å²) in [7, 11) is -3.28. The van der Waals surface area contributed by atoms with E-state index >= 15 is 0 Å². The van der Waals surface area contributed by atoms with Crippen LogP contribution in [0.2, 0.25) is 0 Å². The third-order valence-electron chi connectivity index (χ3n) is 4.36. The van der Waals surface area contributed by atoms with Gasteiger partial charge in [-0.3, -0.25) is 4.79 Å². The Bertz CT molecular complexity index is 1090. The zero-order valence-corrected chi connectivity index (χ0v) is 17.9. The topological polar surface area (TPSA) is 98.8 Å². The van der Waals surface area contributed by atoms with E-state index in [4.69, 9.17) is 4.74 Å². The summed E-state index contributed by atoms with van der Waals surface area (Å²) >= 11 is 1.01. The van der Waals surface area contributed by atoms with Gasteiger partial charge >= 0.3 is 12.3 Å². The van der Waals surface area contributed by atoms with Gasteiger partial charge in [-0.15, -0.1) is 24.5 Å². The maximum Gasteiger partial charge on any atom is 0.573 e. The average Bonchev–Trinajstić information content (AvgIpc) is 2.97. The molecule has 1 aliphatic rings. The van der Waals surface area contributed by atoms with Crippen LogP contribution in [0, 0.1) is 0 Å². The first-order chi connectivity index (χ1) is 14.5. The first-order valence-corrected chi connectivity index (χ1v) is 11.8. The molecule has 0 saturated carbocycles. The van der Waals surface area contributed by atoms with Crippen molar-refractivity contribution in [3.8, 4) is 5.75 Å². The van der Waals surface area contributed by atoms with E-state index in [-0.39, 0.29) is 41.5 Å². The van der Waals surface area contributed by atoms with Gasteiger partial charge in [0.15, 0.2) is 9.84 Å². The summed E-state index contributed by atoms with van der Waals surface area (Å²) in [5.41, 5.74) is 1.13. The highest BCUT2D eigenvalue weighted by molar-refractivity contribution is 7.90. The lowest BCUT2D eigenvalue weighted by atomic mass is 10.1. The second-order valence-corrected chi connectivity index (χ2v) is 9.98. The molecule has 2 heterocycles. The van der Waals surface area contributed by atoms with Crippen LogP contribution < -0.4 is 10.1 Å². The van der Waals surface area contributed by atoms with Crippen molar-refractivity contribution in [2.24, 2.45) is 0 Å². The van der Waals surface area contributed by atoms with Crippen molar-refractivity contribution >= 4 is 38.1 Å². The standard InChI is InChI=1S/C19H18F3NO6S2/c1-2-28-18(25)16-13-7-8-31(26,27)10-14(13)30-17(16)23-15(24)9-11-3-5-12(6-4-11)29-19(20,21)22/h3-6H,2,7-10H2,1H3,(H,23,24). The number of nitrogens with one attached hydrogen (secondary N) is 1. The smallest absolute Gasteiger partial charge is 0.462 e. The van der Waals surface area contributed by atoms with Gasteiger partial charge in [-0.05, 0) is 36.6 Å². The minimum Gasteiger partial charge on any atom is -0.462 e. The van der Waals surface area contributed by atoms with E-state index in [0.717, 1.165) is 23.5 Å². The molecule has 1 aliphatic heterocycles. The van der Waals surface area contributed by atoms with E-state index in [0.29, 0.717) is 16.0 Å². The number of anilines is 1. The molecule has 1 N–H and O–H groups in total. The van der Waals surface area contributed by atoms with Crippen LogP contribution >= 0.6 is 11.3 Å². The third-order valence-corrected chi connectivity index (χ3v) is 7.24. The van der Waals surface area contributed by atoms with Crippen LogP contribution in [0.4, 0.5) is 18.2 Å². The molecule has 1 aromatic carbocycles. The van der Waals surface area contributed by atoms with Crippen LogP contribution in [0.3, 0.4) is 0 Å². The molecular weight excluding hydrogens is 459 g/mol. The fourth-order valence-corrected chi connectivity index (χ4v) is 6.15. The number of hydrogen-bond acceptors (Lipinski definition) is 7. The zero-order chi connectivity index (χ0) is 22.8. The van der Waals surface area contributed by atoms with E-state index in [2.05, 4.69) is 10.1 Å². The molecular formula is C19H18F3NO6S2. The van der Waals surface area contributed by atoms with Crippen LogP contribution in [-0.2, 0) is 38.0 Å². The normalized spacial score (nSPS) is 15.1. The van der Waals surface area contributed by atoms with Crippen molar-refractivity contribution in [1.29, 1.82) is 0 Å². The summed E-state index contributed by atoms with van der Waals surface area (Å²) in [6.07, 6.45) is -4.83. The number of ether oxygens (including phenoxy) is 2. The molecule has 0 aliphatic carbocycles. The number of benzene rings is 1. The number of carbonyl (C=O) groups is 2. The van der Waals surface area contributed by atoms with Gasteiger partial charge in [0, 0.05) is 4.88 Å². The third kappa shape index (κ3) is 5.97. The van der Waals surface area contributed by atoms with Crippen LogP contribution in [0.1, 0.15) is 33.3 Å². The van der Waals surface area contributed by atoms with Crippen molar-refractivity contribution in [1.82, 2.24) is 0 Å². The van der Waals surface area contributed by atoms with Gasteiger partial charge in [0.25, 0.3) is 0 Å². The molecule has 0 saturated heterocycles. The van der Waals surface area contributed by atoms with Crippen LogP contribution in [-0.4, -0.2) is 39.0 Å². The van der Waals surface area contributed by atoms with Gasteiger partial charge in [-0.2, -0.15) is 0 Å². The molecule has 31 heavy (non-hydrogen) atoms. The van der Waals surface area contributed by atoms with E-state index in [1.54, 1.807) is 6.92 Å². The summed E-state index contributed by atoms with van der Waals surface area (Å²) in [6.45, 7) is 1.74. The number of esters is 1. The Labute approximate surface area is 180 Å². The van der Waals surface area contributed by atoms with Crippen molar-refractivity contribution in [3.63, 3.8) is 0 Å². The van der Waals surface area contributed by atoms with E-state index in [1.807, 2.05) is 0 Å². The second kappa shape index (κ2) is 8.87. The summed E-state index contributed by atoms with van der Waals surface area (Å²) < 4.78 is 69.4. The van der Waals surface area contributed by atoms with Gasteiger partial charge in [0.2, 0.25) is 5.91 Å². The average molecular weight is 477 g/mol. The molecule has 12 heteroatoms. The van der Waals surface area contributed by atoms with Crippen molar-refractivity contribution in [2.45, 2.75) is 31.9 Å². The molecule has 0 bridgehead atoms. The highest BCUT2D eigenvalue weighted by Gasteiger charge is 2.32. The lowest BCUT2D eigenvalue weighted by molar-refractivity contribution is -0.274. The Morgan fingerprint density at radius 3 is 2.48 bits per heavy atom. The number of thiophene rings is 1. The summed E-state index contributed by atoms with van der Waals surface area (Å²) in [5, 5.41) is 2.81. The minimum absolute atomic E-state index is 0.0944. The van der Waals surface area contributed by atoms with E-state index in [9.17, 15) is 31.2 Å². The highest BCUT2D eigenvalue weighted by atomic mass is 32.2. The number of alkyl halides is 3. The molecule has 0 radical (unpaired) electrons. The Balaban J connectivity index is 1.78. The molecule has 0 fully saturated rings. The van der Waals surface area contributed by atoms with Crippen molar-refractivity contribution in [2.75, 3.05) is 17.7 Å². The monoisotopic (exact) mass is 477 g/mol. The van der Waals surface area contributed by atoms with Crippen molar-refractivity contribution in [3.05, 3.63) is 45.8 Å². The molecule has 3 rings (SSSR count). The quantitative estimate of drug-likeness (QED) is 0.640. The number of fused-ring (bicyclic) bond motifs is 1. The Morgan fingerprint density at radius 1 is 1.19 bits per heavy atom. The Kier molecular flexibility index (Phi) is 6.60. The van der Waals surface area contributed by atoms with Crippen LogP contribution in [0.15, 0.2) is 24.3 Å². The minimum atomic E-state index is -4.81. The Hall–Kier alpha value is -2.60. The van der Waals surface area contributed by atoms with E-state index in [1.165, 1.54) is 12.1 Å². The summed E-state index contributed by atoms with van der Waals surface area (Å²) in [4.78, 5) is 25.4. The van der Waals surface area contributed by atoms with Crippen LogP contribution in [0.25, 0.3) is 0 Å². The van der Waals surface area contributed by atoms with Gasteiger partial charge < -0.3 is 14.8 Å². The first kappa shape index (κ1) is 23.1. The maximum atomic E-state index is 12.5. The number of hydrogen-bond donors (Lipinski definition) is 1.